The molecule has 13 heavy (non-hydrogen) atoms. The van der Waals surface area contributed by atoms with Crippen molar-refractivity contribution in [1.82, 2.24) is 0 Å². The van der Waals surface area contributed by atoms with E-state index in [0.717, 1.165) is 6.20 Å². The van der Waals surface area contributed by atoms with E-state index in [-0.39, 0.29) is 6.61 Å². The molecule has 0 amide bonds. The lowest BCUT2D eigenvalue weighted by Crippen LogP contribution is -2.20. The van der Waals surface area contributed by atoms with Gasteiger partial charge < -0.3 is 9.84 Å². The van der Waals surface area contributed by atoms with Crippen molar-refractivity contribution in [2.45, 2.75) is 6.92 Å². The molecule has 0 atom stereocenters. The fourth-order valence-corrected chi connectivity index (χ4v) is 1.83. The molecule has 1 N–H and O–H groups in total. The van der Waals surface area contributed by atoms with Gasteiger partial charge in [-0.05, 0) is 6.92 Å². The van der Waals surface area contributed by atoms with Gasteiger partial charge in [0.15, 0.2) is 4.91 Å². The minimum absolute atomic E-state index is 0.124. The van der Waals surface area contributed by atoms with E-state index in [1.807, 2.05) is 0 Å². The number of ether oxygens (including phenoxy) is 1. The summed E-state index contributed by atoms with van der Waals surface area (Å²) in [6, 6.07) is 0. The molecule has 7 heteroatoms. The smallest absolute Gasteiger partial charge is 0.349 e. The Morgan fingerprint density at radius 2 is 2.31 bits per heavy atom. The van der Waals surface area contributed by atoms with E-state index in [2.05, 4.69) is 9.73 Å². The first-order valence-corrected chi connectivity index (χ1v) is 4.87. The first-order valence-electron chi connectivity index (χ1n) is 3.39. The summed E-state index contributed by atoms with van der Waals surface area (Å²) in [5.41, 5.74) is 0. The largest absolute Gasteiger partial charge is 0.477 e. The molecule has 0 saturated heterocycles. The summed E-state index contributed by atoms with van der Waals surface area (Å²) < 4.78 is 27.1. The van der Waals surface area contributed by atoms with E-state index in [4.69, 9.17) is 5.11 Å². The van der Waals surface area contributed by atoms with Gasteiger partial charge in [0.25, 0.3) is 9.84 Å². The van der Waals surface area contributed by atoms with Crippen LogP contribution in [0.15, 0.2) is 16.1 Å². The number of rotatable bonds is 2. The molecule has 0 aromatic rings. The van der Waals surface area contributed by atoms with Gasteiger partial charge in [-0.25, -0.2) is 18.2 Å². The predicted molar refractivity (Wildman–Crippen MR) is 43.7 cm³/mol. The zero-order valence-electron chi connectivity index (χ0n) is 6.72. The lowest BCUT2D eigenvalue weighted by atomic mass is 10.6. The third kappa shape index (κ3) is 1.55. The number of sulfone groups is 1. The number of carbonyl (C=O) groups is 1. The van der Waals surface area contributed by atoms with Crippen LogP contribution in [0.5, 0.6) is 0 Å². The van der Waals surface area contributed by atoms with Gasteiger partial charge in [0.1, 0.15) is 0 Å². The van der Waals surface area contributed by atoms with E-state index in [0.29, 0.717) is 0 Å². The Morgan fingerprint density at radius 3 is 2.69 bits per heavy atom. The molecular weight excluding hydrogens is 198 g/mol. The molecule has 1 aliphatic rings. The number of aliphatic carboxylic acids is 1. The van der Waals surface area contributed by atoms with Crippen LogP contribution in [0.2, 0.25) is 0 Å². The summed E-state index contributed by atoms with van der Waals surface area (Å²) in [6.45, 7) is 1.70. The van der Waals surface area contributed by atoms with Crippen LogP contribution in [-0.2, 0) is 19.4 Å². The molecule has 0 fully saturated rings. The summed E-state index contributed by atoms with van der Waals surface area (Å²) >= 11 is 0. The maximum Gasteiger partial charge on any atom is 0.349 e. The zero-order chi connectivity index (χ0) is 10.1. The Labute approximate surface area is 74.5 Å². The monoisotopic (exact) mass is 205 g/mol. The van der Waals surface area contributed by atoms with Gasteiger partial charge in [-0.1, -0.05) is 0 Å². The molecular formula is C6H7NO5S. The number of aliphatic imine (C=N–C) groups is 1. The summed E-state index contributed by atoms with van der Waals surface area (Å²) in [6.07, 6.45) is 0.767. The maximum atomic E-state index is 11.2. The Kier molecular flexibility index (Phi) is 2.37. The van der Waals surface area contributed by atoms with Crippen molar-refractivity contribution in [1.29, 1.82) is 0 Å². The Morgan fingerprint density at radius 1 is 1.69 bits per heavy atom. The average Bonchev–Trinajstić information content (AvgIpc) is 2.28. The van der Waals surface area contributed by atoms with Crippen molar-refractivity contribution < 1.29 is 23.1 Å². The number of nitrogens with zero attached hydrogens (tertiary/aromatic N) is 1. The molecule has 0 saturated carbocycles. The SMILES string of the molecule is CCOC1=NC=C(C(=O)O)S1(=O)=O. The highest BCUT2D eigenvalue weighted by molar-refractivity contribution is 8.10. The van der Waals surface area contributed by atoms with Crippen LogP contribution >= 0.6 is 0 Å². The standard InChI is InChI=1S/C6H7NO5S/c1-2-12-6-7-3-4(5(8)9)13(6,10)11/h3H,2H2,1H3,(H,8,9). The fraction of sp³-hybridized carbons (Fsp3) is 0.333. The van der Waals surface area contributed by atoms with Gasteiger partial charge in [-0.15, -0.1) is 0 Å². The van der Waals surface area contributed by atoms with Gasteiger partial charge in [0.05, 0.1) is 12.8 Å². The Hall–Kier alpha value is -1.37. The second-order valence-electron chi connectivity index (χ2n) is 2.13. The minimum atomic E-state index is -4.00. The molecule has 1 aliphatic heterocycles. The molecule has 0 spiro atoms. The van der Waals surface area contributed by atoms with Crippen LogP contribution in [0.25, 0.3) is 0 Å². The van der Waals surface area contributed by atoms with Crippen molar-refractivity contribution >= 4 is 21.0 Å². The van der Waals surface area contributed by atoms with Gasteiger partial charge in [0, 0.05) is 0 Å². The van der Waals surface area contributed by atoms with Crippen LogP contribution < -0.4 is 0 Å². The van der Waals surface area contributed by atoms with E-state index in [1.165, 1.54) is 0 Å². The summed E-state index contributed by atoms with van der Waals surface area (Å²) in [5, 5.41) is 7.91. The molecule has 1 heterocycles. The van der Waals surface area contributed by atoms with Crippen LogP contribution in [0.1, 0.15) is 6.92 Å². The number of hydrogen-bond donors (Lipinski definition) is 1. The molecule has 1 rings (SSSR count). The van der Waals surface area contributed by atoms with Crippen LogP contribution in [0.4, 0.5) is 0 Å². The van der Waals surface area contributed by atoms with E-state index in [9.17, 15) is 13.2 Å². The normalized spacial score (nSPS) is 19.2. The van der Waals surface area contributed by atoms with E-state index >= 15 is 0 Å². The fourth-order valence-electron chi connectivity index (χ4n) is 0.753. The summed E-state index contributed by atoms with van der Waals surface area (Å²) in [7, 11) is -4.00. The second kappa shape index (κ2) is 3.17. The Balaban J connectivity index is 3.02. The number of hydrogen-bond acceptors (Lipinski definition) is 5. The maximum absolute atomic E-state index is 11.2. The molecule has 6 nitrogen and oxygen atoms in total. The molecule has 0 aliphatic carbocycles. The van der Waals surface area contributed by atoms with Crippen molar-refractivity contribution in [3.05, 3.63) is 11.1 Å². The highest BCUT2D eigenvalue weighted by atomic mass is 32.2. The van der Waals surface area contributed by atoms with Gasteiger partial charge in [0.2, 0.25) is 0 Å². The first kappa shape index (κ1) is 9.72. The van der Waals surface area contributed by atoms with Crippen molar-refractivity contribution in [3.63, 3.8) is 0 Å². The van der Waals surface area contributed by atoms with E-state index in [1.54, 1.807) is 6.92 Å². The predicted octanol–water partition coefficient (Wildman–Crippen LogP) is -0.267. The molecule has 0 radical (unpaired) electrons. The first-order chi connectivity index (χ1) is 6.00. The molecule has 0 aromatic heterocycles. The van der Waals surface area contributed by atoms with Crippen LogP contribution in [-0.4, -0.2) is 31.3 Å². The highest BCUT2D eigenvalue weighted by Crippen LogP contribution is 2.17. The number of carboxylic acid groups (broad SMARTS) is 1. The highest BCUT2D eigenvalue weighted by Gasteiger charge is 2.35. The third-order valence-electron chi connectivity index (χ3n) is 1.29. The molecule has 0 aromatic carbocycles. The van der Waals surface area contributed by atoms with E-state index < -0.39 is 25.9 Å². The summed E-state index contributed by atoms with van der Waals surface area (Å²) in [4.78, 5) is 13.0. The molecule has 72 valence electrons. The quantitative estimate of drug-likeness (QED) is 0.670. The number of carboxylic acids is 1. The zero-order valence-corrected chi connectivity index (χ0v) is 7.54. The third-order valence-corrected chi connectivity index (χ3v) is 2.83. The lowest BCUT2D eigenvalue weighted by molar-refractivity contribution is -0.131. The minimum Gasteiger partial charge on any atom is -0.477 e. The van der Waals surface area contributed by atoms with Crippen molar-refractivity contribution in [2.75, 3.05) is 6.61 Å². The lowest BCUT2D eigenvalue weighted by Gasteiger charge is -2.01. The van der Waals surface area contributed by atoms with Crippen LogP contribution in [0.3, 0.4) is 0 Å². The van der Waals surface area contributed by atoms with Crippen LogP contribution in [0, 0.1) is 0 Å². The average molecular weight is 205 g/mol. The van der Waals surface area contributed by atoms with Gasteiger partial charge >= 0.3 is 11.2 Å². The molecule has 0 unspecified atom stereocenters. The van der Waals surface area contributed by atoms with Gasteiger partial charge in [-0.3, -0.25) is 0 Å². The van der Waals surface area contributed by atoms with Crippen molar-refractivity contribution in [2.24, 2.45) is 4.99 Å². The van der Waals surface area contributed by atoms with Crippen molar-refractivity contribution in [3.8, 4) is 0 Å². The second-order valence-corrected chi connectivity index (χ2v) is 3.93. The topological polar surface area (TPSA) is 93.0 Å². The molecule has 0 bridgehead atoms. The summed E-state index contributed by atoms with van der Waals surface area (Å²) in [5.74, 6) is -1.53. The Bertz CT molecular complexity index is 391. The van der Waals surface area contributed by atoms with Gasteiger partial charge in [-0.2, -0.15) is 0 Å².